The average Bonchev–Trinajstić information content (AvgIpc) is 2.97. The van der Waals surface area contributed by atoms with Gasteiger partial charge < -0.3 is 20.6 Å². The highest BCUT2D eigenvalue weighted by Gasteiger charge is 2.56. The van der Waals surface area contributed by atoms with Crippen LogP contribution in [-0.2, 0) is 26.3 Å². The van der Waals surface area contributed by atoms with E-state index in [4.69, 9.17) is 5.73 Å². The Morgan fingerprint density at radius 2 is 1.62 bits per heavy atom. The Balaban J connectivity index is 1.73. The van der Waals surface area contributed by atoms with E-state index < -0.39 is 23.3 Å². The number of hydrogen-bond acceptors (Lipinski definition) is 4. The molecule has 7 heteroatoms. The van der Waals surface area contributed by atoms with E-state index in [0.717, 1.165) is 16.7 Å². The van der Waals surface area contributed by atoms with Crippen LogP contribution in [0, 0.1) is 19.8 Å². The molecule has 3 amide bonds. The van der Waals surface area contributed by atoms with Crippen LogP contribution in [0.5, 0.6) is 5.75 Å². The summed E-state index contributed by atoms with van der Waals surface area (Å²) in [4.78, 5) is 44.5. The molecule has 0 radical (unpaired) electrons. The molecule has 0 aliphatic carbocycles. The monoisotopic (exact) mass is 539 g/mol. The number of rotatable bonds is 6. The molecule has 2 heterocycles. The van der Waals surface area contributed by atoms with E-state index in [9.17, 15) is 19.5 Å². The van der Waals surface area contributed by atoms with Gasteiger partial charge in [-0.15, -0.1) is 0 Å². The molecule has 2 fully saturated rings. The van der Waals surface area contributed by atoms with Crippen molar-refractivity contribution < 1.29 is 19.5 Å². The maximum Gasteiger partial charge on any atom is 0.235 e. The number of aryl methyl sites for hydroxylation is 2. The van der Waals surface area contributed by atoms with Crippen LogP contribution in [0.4, 0.5) is 0 Å². The predicted octanol–water partition coefficient (Wildman–Crippen LogP) is 4.53. The summed E-state index contributed by atoms with van der Waals surface area (Å²) < 4.78 is 0. The molecule has 0 bridgehead atoms. The number of carbonyl (C=O) groups excluding carboxylic acids is 3. The SMILES string of the molecule is Cc1cc(C2N(Cc3ccccc3)C(=O)CCC2(C(=O)N2CCCC(C(N)=O)C2)c2ccccc2)cc(C)c1O. The molecule has 3 aromatic carbocycles. The fraction of sp³-hybridized carbons (Fsp3) is 0.364. The largest absolute Gasteiger partial charge is 0.507 e. The summed E-state index contributed by atoms with van der Waals surface area (Å²) in [6, 6.07) is 22.7. The first kappa shape index (κ1) is 27.4. The first-order valence-corrected chi connectivity index (χ1v) is 14.0. The maximum atomic E-state index is 15.0. The van der Waals surface area contributed by atoms with E-state index >= 15 is 0 Å². The van der Waals surface area contributed by atoms with Crippen molar-refractivity contribution in [1.82, 2.24) is 9.80 Å². The standard InChI is InChI=1S/C33H37N3O4/c1-22-18-26(19-23(2)29(22)38)30-33(27-13-7-4-8-14-27,32(40)35-17-9-12-25(21-35)31(34)39)16-15-28(37)36(30)20-24-10-5-3-6-11-24/h3-8,10-11,13-14,18-19,25,30,38H,9,12,15-17,20-21H2,1-2H3,(H2,34,39). The lowest BCUT2D eigenvalue weighted by Crippen LogP contribution is -2.60. The molecule has 40 heavy (non-hydrogen) atoms. The number of carbonyl (C=O) groups is 3. The van der Waals surface area contributed by atoms with Crippen LogP contribution in [0.3, 0.4) is 0 Å². The van der Waals surface area contributed by atoms with Gasteiger partial charge >= 0.3 is 0 Å². The number of piperidine rings is 2. The van der Waals surface area contributed by atoms with Crippen molar-refractivity contribution in [3.8, 4) is 5.75 Å². The molecular formula is C33H37N3O4. The summed E-state index contributed by atoms with van der Waals surface area (Å²) in [5.41, 5.74) is 8.58. The van der Waals surface area contributed by atoms with Gasteiger partial charge in [-0.3, -0.25) is 14.4 Å². The second-order valence-electron chi connectivity index (χ2n) is 11.2. The fourth-order valence-corrected chi connectivity index (χ4v) is 6.63. The van der Waals surface area contributed by atoms with Crippen molar-refractivity contribution >= 4 is 17.7 Å². The summed E-state index contributed by atoms with van der Waals surface area (Å²) in [7, 11) is 0. The molecule has 2 aliphatic rings. The third-order valence-corrected chi connectivity index (χ3v) is 8.64. The van der Waals surface area contributed by atoms with E-state index in [2.05, 4.69) is 0 Å². The van der Waals surface area contributed by atoms with Gasteiger partial charge in [-0.1, -0.05) is 72.8 Å². The van der Waals surface area contributed by atoms with Gasteiger partial charge in [-0.25, -0.2) is 0 Å². The van der Waals surface area contributed by atoms with E-state index in [-0.39, 0.29) is 30.5 Å². The van der Waals surface area contributed by atoms with Crippen LogP contribution in [0.25, 0.3) is 0 Å². The molecule has 208 valence electrons. The highest BCUT2D eigenvalue weighted by atomic mass is 16.3. The van der Waals surface area contributed by atoms with Crippen molar-refractivity contribution in [3.05, 3.63) is 101 Å². The van der Waals surface area contributed by atoms with Gasteiger partial charge in [-0.2, -0.15) is 0 Å². The Morgan fingerprint density at radius 3 is 2.25 bits per heavy atom. The van der Waals surface area contributed by atoms with Crippen LogP contribution >= 0.6 is 0 Å². The zero-order valence-corrected chi connectivity index (χ0v) is 23.2. The number of likely N-dealkylation sites (tertiary alicyclic amines) is 2. The van der Waals surface area contributed by atoms with Crippen LogP contribution in [0.1, 0.15) is 59.5 Å². The number of hydrogen-bond donors (Lipinski definition) is 2. The number of primary amides is 1. The van der Waals surface area contributed by atoms with Gasteiger partial charge in [0.25, 0.3) is 0 Å². The van der Waals surface area contributed by atoms with E-state index in [0.29, 0.717) is 43.5 Å². The van der Waals surface area contributed by atoms with Crippen LogP contribution in [0.15, 0.2) is 72.8 Å². The Kier molecular flexibility index (Phi) is 7.66. The number of aromatic hydroxyl groups is 1. The van der Waals surface area contributed by atoms with Gasteiger partial charge in [0.05, 0.1) is 17.4 Å². The Hall–Kier alpha value is -4.13. The highest BCUT2D eigenvalue weighted by Crippen LogP contribution is 2.51. The van der Waals surface area contributed by atoms with Gasteiger partial charge in [0.2, 0.25) is 17.7 Å². The predicted molar refractivity (Wildman–Crippen MR) is 153 cm³/mol. The second-order valence-corrected chi connectivity index (χ2v) is 11.2. The number of phenols is 1. The van der Waals surface area contributed by atoms with Crippen LogP contribution in [0.2, 0.25) is 0 Å². The Morgan fingerprint density at radius 1 is 1.00 bits per heavy atom. The Bertz CT molecular complexity index is 1380. The molecule has 3 N–H and O–H groups in total. The maximum absolute atomic E-state index is 15.0. The number of nitrogens with zero attached hydrogens (tertiary/aromatic N) is 2. The number of phenolic OH excluding ortho intramolecular Hbond substituents is 1. The summed E-state index contributed by atoms with van der Waals surface area (Å²) in [6.45, 7) is 4.83. The molecule has 0 saturated carbocycles. The first-order valence-electron chi connectivity index (χ1n) is 14.0. The molecular weight excluding hydrogens is 502 g/mol. The molecule has 3 aromatic rings. The average molecular weight is 540 g/mol. The van der Waals surface area contributed by atoms with Gasteiger partial charge in [0.1, 0.15) is 5.75 Å². The number of amides is 3. The van der Waals surface area contributed by atoms with Crippen LogP contribution < -0.4 is 5.73 Å². The first-order chi connectivity index (χ1) is 19.2. The minimum atomic E-state index is -1.10. The molecule has 5 rings (SSSR count). The smallest absolute Gasteiger partial charge is 0.235 e. The van der Waals surface area contributed by atoms with E-state index in [1.807, 2.05) is 91.5 Å². The van der Waals surface area contributed by atoms with Crippen molar-refractivity contribution in [3.63, 3.8) is 0 Å². The minimum Gasteiger partial charge on any atom is -0.507 e. The number of benzene rings is 3. The van der Waals surface area contributed by atoms with Gasteiger partial charge in [0.15, 0.2) is 0 Å². The van der Waals surface area contributed by atoms with Crippen molar-refractivity contribution in [2.24, 2.45) is 11.7 Å². The second kappa shape index (κ2) is 11.2. The zero-order chi connectivity index (χ0) is 28.4. The van der Waals surface area contributed by atoms with E-state index in [1.165, 1.54) is 0 Å². The number of nitrogens with two attached hydrogens (primary N) is 1. The Labute approximate surface area is 235 Å². The third-order valence-electron chi connectivity index (χ3n) is 8.64. The molecule has 3 atom stereocenters. The molecule has 2 saturated heterocycles. The highest BCUT2D eigenvalue weighted by molar-refractivity contribution is 5.93. The minimum absolute atomic E-state index is 0.0229. The van der Waals surface area contributed by atoms with Crippen molar-refractivity contribution in [2.45, 2.75) is 57.5 Å². The fourth-order valence-electron chi connectivity index (χ4n) is 6.63. The molecule has 0 aromatic heterocycles. The van der Waals surface area contributed by atoms with Gasteiger partial charge in [-0.05, 0) is 60.9 Å². The summed E-state index contributed by atoms with van der Waals surface area (Å²) in [5, 5.41) is 10.6. The lowest BCUT2D eigenvalue weighted by Gasteiger charge is -2.51. The molecule has 7 nitrogen and oxygen atoms in total. The van der Waals surface area contributed by atoms with Gasteiger partial charge in [0, 0.05) is 26.1 Å². The topological polar surface area (TPSA) is 104 Å². The lowest BCUT2D eigenvalue weighted by molar-refractivity contribution is -0.153. The molecule has 3 unspecified atom stereocenters. The lowest BCUT2D eigenvalue weighted by atomic mass is 9.64. The van der Waals surface area contributed by atoms with Crippen molar-refractivity contribution in [1.29, 1.82) is 0 Å². The quantitative estimate of drug-likeness (QED) is 0.480. The molecule has 2 aliphatic heterocycles. The van der Waals surface area contributed by atoms with Crippen LogP contribution in [-0.4, -0.2) is 45.7 Å². The third kappa shape index (κ3) is 4.96. The normalized spacial score (nSPS) is 23.2. The zero-order valence-electron chi connectivity index (χ0n) is 23.2. The summed E-state index contributed by atoms with van der Waals surface area (Å²) in [6.07, 6.45) is 1.91. The van der Waals surface area contributed by atoms with E-state index in [1.54, 1.807) is 4.90 Å². The summed E-state index contributed by atoms with van der Waals surface area (Å²) in [5.74, 6) is -0.698. The summed E-state index contributed by atoms with van der Waals surface area (Å²) >= 11 is 0. The van der Waals surface area contributed by atoms with Crippen molar-refractivity contribution in [2.75, 3.05) is 13.1 Å². The molecule has 0 spiro atoms.